The van der Waals surface area contributed by atoms with Crippen LogP contribution in [0.1, 0.15) is 12.8 Å². The van der Waals surface area contributed by atoms with Gasteiger partial charge in [-0.1, -0.05) is 6.58 Å². The zero-order chi connectivity index (χ0) is 7.72. The predicted molar refractivity (Wildman–Crippen MR) is 34.5 cm³/mol. The van der Waals surface area contributed by atoms with E-state index in [4.69, 9.17) is 5.11 Å². The number of carboxylic acids is 1. The normalized spacial score (nSPS) is 23.1. The van der Waals surface area contributed by atoms with E-state index in [0.717, 1.165) is 0 Å². The molecule has 0 spiro atoms. The van der Waals surface area contributed by atoms with Crippen LogP contribution >= 0.6 is 0 Å². The smallest absolute Gasteiger partial charge is 0.481 e. The molecule has 1 saturated carbocycles. The number of hydrogen-bond acceptors (Lipinski definition) is 2. The van der Waals surface area contributed by atoms with Crippen molar-refractivity contribution in [3.8, 4) is 0 Å². The van der Waals surface area contributed by atoms with Gasteiger partial charge in [0.15, 0.2) is 5.78 Å². The van der Waals surface area contributed by atoms with Gasteiger partial charge in [-0.2, -0.15) is 0 Å². The Morgan fingerprint density at radius 1 is 1.64 bits per heavy atom. The summed E-state index contributed by atoms with van der Waals surface area (Å²) in [7, 11) is 0. The number of carboxylic acid groups (broad SMARTS) is 1. The van der Waals surface area contributed by atoms with Crippen molar-refractivity contribution in [3.63, 3.8) is 0 Å². The van der Waals surface area contributed by atoms with Gasteiger partial charge in [0.1, 0.15) is 0 Å². The van der Waals surface area contributed by atoms with Crippen LogP contribution in [0, 0.1) is 5.92 Å². The molecule has 0 bridgehead atoms. The standard InChI is InChI=1S/C7H8O3.Na/c1-4-5(7(9)10)2-3-6(4)8;/h5H,1-3H2,(H,9,10);/q;+1. The third kappa shape index (κ3) is 2.15. The molecule has 0 radical (unpaired) electrons. The fourth-order valence-corrected chi connectivity index (χ4v) is 1.08. The zero-order valence-corrected chi connectivity index (χ0v) is 8.46. The Morgan fingerprint density at radius 2 is 2.18 bits per heavy atom. The summed E-state index contributed by atoms with van der Waals surface area (Å²) < 4.78 is 0. The maximum absolute atomic E-state index is 10.7. The van der Waals surface area contributed by atoms with Gasteiger partial charge < -0.3 is 5.11 Å². The first kappa shape index (κ1) is 10.9. The molecule has 0 aromatic rings. The molecule has 0 amide bonds. The molecule has 1 unspecified atom stereocenters. The molecule has 0 aromatic carbocycles. The second kappa shape index (κ2) is 4.04. The number of aliphatic carboxylic acids is 1. The minimum Gasteiger partial charge on any atom is -0.481 e. The van der Waals surface area contributed by atoms with E-state index in [1.54, 1.807) is 0 Å². The largest absolute Gasteiger partial charge is 1.00 e. The van der Waals surface area contributed by atoms with E-state index in [1.165, 1.54) is 0 Å². The second-order valence-electron chi connectivity index (χ2n) is 2.38. The first-order valence-electron chi connectivity index (χ1n) is 3.07. The number of Topliss-reactive ketones (excluding diaryl/α,β-unsaturated/α-hetero) is 1. The monoisotopic (exact) mass is 163 g/mol. The molecule has 1 aliphatic carbocycles. The maximum Gasteiger partial charge on any atom is 1.00 e. The Morgan fingerprint density at radius 3 is 2.36 bits per heavy atom. The van der Waals surface area contributed by atoms with Gasteiger partial charge in [-0.3, -0.25) is 9.59 Å². The van der Waals surface area contributed by atoms with E-state index in [2.05, 4.69) is 6.58 Å². The van der Waals surface area contributed by atoms with Crippen molar-refractivity contribution in [2.24, 2.45) is 5.92 Å². The Kier molecular flexibility index (Phi) is 4.00. The molecule has 4 heteroatoms. The average Bonchev–Trinajstić information content (AvgIpc) is 2.14. The van der Waals surface area contributed by atoms with Gasteiger partial charge in [0.05, 0.1) is 5.92 Å². The fourth-order valence-electron chi connectivity index (χ4n) is 1.08. The molecule has 1 aliphatic rings. The van der Waals surface area contributed by atoms with E-state index in [9.17, 15) is 9.59 Å². The van der Waals surface area contributed by atoms with Gasteiger partial charge in [0, 0.05) is 12.0 Å². The van der Waals surface area contributed by atoms with Crippen molar-refractivity contribution in [2.45, 2.75) is 12.8 Å². The van der Waals surface area contributed by atoms with Crippen LogP contribution in [0.2, 0.25) is 0 Å². The van der Waals surface area contributed by atoms with Crippen molar-refractivity contribution < 1.29 is 44.3 Å². The van der Waals surface area contributed by atoms with Crippen LogP contribution in [0.5, 0.6) is 0 Å². The van der Waals surface area contributed by atoms with E-state index in [0.29, 0.717) is 12.8 Å². The number of carbonyl (C=O) groups excluding carboxylic acids is 1. The Bertz CT molecular complexity index is 210. The molecule has 0 aliphatic heterocycles. The van der Waals surface area contributed by atoms with Crippen LogP contribution in [0.25, 0.3) is 0 Å². The second-order valence-corrected chi connectivity index (χ2v) is 2.38. The maximum atomic E-state index is 10.7. The van der Waals surface area contributed by atoms with Crippen LogP contribution in [-0.4, -0.2) is 16.9 Å². The quantitative estimate of drug-likeness (QED) is 0.346. The van der Waals surface area contributed by atoms with Gasteiger partial charge in [-0.05, 0) is 6.42 Å². The third-order valence-corrected chi connectivity index (χ3v) is 1.74. The summed E-state index contributed by atoms with van der Waals surface area (Å²) in [6.45, 7) is 3.41. The van der Waals surface area contributed by atoms with Crippen LogP contribution in [0.4, 0.5) is 0 Å². The van der Waals surface area contributed by atoms with Gasteiger partial charge in [-0.15, -0.1) is 0 Å². The van der Waals surface area contributed by atoms with Gasteiger partial charge in [0.2, 0.25) is 0 Å². The van der Waals surface area contributed by atoms with E-state index >= 15 is 0 Å². The molecular weight excluding hydrogens is 155 g/mol. The average molecular weight is 163 g/mol. The summed E-state index contributed by atoms with van der Waals surface area (Å²) >= 11 is 0. The summed E-state index contributed by atoms with van der Waals surface area (Å²) in [6.07, 6.45) is 0.767. The SMILES string of the molecule is C=C1C(=O)CCC1C(=O)O.[Na+]. The van der Waals surface area contributed by atoms with Crippen LogP contribution in [-0.2, 0) is 9.59 Å². The van der Waals surface area contributed by atoms with Crippen LogP contribution in [0.15, 0.2) is 12.2 Å². The van der Waals surface area contributed by atoms with Crippen molar-refractivity contribution in [2.75, 3.05) is 0 Å². The molecule has 1 atom stereocenters. The predicted octanol–water partition coefficient (Wildman–Crippen LogP) is -2.39. The molecular formula is C7H8NaO3+. The number of rotatable bonds is 1. The Hall–Kier alpha value is -0.120. The van der Waals surface area contributed by atoms with Gasteiger partial charge >= 0.3 is 35.5 Å². The van der Waals surface area contributed by atoms with Crippen molar-refractivity contribution >= 4 is 11.8 Å². The zero-order valence-electron chi connectivity index (χ0n) is 6.46. The van der Waals surface area contributed by atoms with E-state index in [1.807, 2.05) is 0 Å². The Labute approximate surface area is 86.8 Å². The third-order valence-electron chi connectivity index (χ3n) is 1.74. The van der Waals surface area contributed by atoms with E-state index < -0.39 is 11.9 Å². The summed E-state index contributed by atoms with van der Waals surface area (Å²) in [5.74, 6) is -1.66. The summed E-state index contributed by atoms with van der Waals surface area (Å²) in [6, 6.07) is 0. The molecule has 1 rings (SSSR count). The summed E-state index contributed by atoms with van der Waals surface area (Å²) in [5.41, 5.74) is 0.257. The number of ketones is 1. The summed E-state index contributed by atoms with van der Waals surface area (Å²) in [4.78, 5) is 21.1. The number of hydrogen-bond donors (Lipinski definition) is 1. The fraction of sp³-hybridized carbons (Fsp3) is 0.429. The van der Waals surface area contributed by atoms with Crippen LogP contribution in [0.3, 0.4) is 0 Å². The van der Waals surface area contributed by atoms with E-state index in [-0.39, 0.29) is 40.9 Å². The van der Waals surface area contributed by atoms with Crippen molar-refractivity contribution in [3.05, 3.63) is 12.2 Å². The molecule has 11 heavy (non-hydrogen) atoms. The molecule has 3 nitrogen and oxygen atoms in total. The molecule has 1 N–H and O–H groups in total. The molecule has 1 fully saturated rings. The van der Waals surface area contributed by atoms with Gasteiger partial charge in [-0.25, -0.2) is 0 Å². The first-order valence-corrected chi connectivity index (χ1v) is 3.07. The topological polar surface area (TPSA) is 54.4 Å². The molecule has 0 saturated heterocycles. The number of carbonyl (C=O) groups is 2. The summed E-state index contributed by atoms with van der Waals surface area (Å²) in [5, 5.41) is 8.49. The minimum absolute atomic E-state index is 0. The van der Waals surface area contributed by atoms with Crippen molar-refractivity contribution in [1.82, 2.24) is 0 Å². The molecule has 0 heterocycles. The minimum atomic E-state index is -0.934. The first-order chi connectivity index (χ1) is 4.63. The molecule has 0 aromatic heterocycles. The molecule has 54 valence electrons. The van der Waals surface area contributed by atoms with Crippen LogP contribution < -0.4 is 29.6 Å². The Balaban J connectivity index is 0.000001000. The van der Waals surface area contributed by atoms with Crippen molar-refractivity contribution in [1.29, 1.82) is 0 Å². The van der Waals surface area contributed by atoms with Gasteiger partial charge in [0.25, 0.3) is 0 Å².